The summed E-state index contributed by atoms with van der Waals surface area (Å²) < 4.78 is 12.3. The molecule has 1 aromatic rings. The average molecular weight is 271 g/mol. The van der Waals surface area contributed by atoms with E-state index in [1.54, 1.807) is 0 Å². The molecule has 82 valence electrons. The predicted molar refractivity (Wildman–Crippen MR) is 63.5 cm³/mol. The Morgan fingerprint density at radius 3 is 2.53 bits per heavy atom. The van der Waals surface area contributed by atoms with Gasteiger partial charge >= 0.3 is 0 Å². The third-order valence-electron chi connectivity index (χ3n) is 2.60. The van der Waals surface area contributed by atoms with Gasteiger partial charge in [0.1, 0.15) is 11.9 Å². The molecule has 3 heteroatoms. The average Bonchev–Trinajstić information content (AvgIpc) is 2.66. The largest absolute Gasteiger partial charge is 0.488 e. The van der Waals surface area contributed by atoms with Crippen molar-refractivity contribution in [3.8, 4) is 5.75 Å². The normalized spacial score (nSPS) is 20.6. The van der Waals surface area contributed by atoms with Gasteiger partial charge in [0.2, 0.25) is 0 Å². The highest BCUT2D eigenvalue weighted by atomic mass is 79.9. The zero-order valence-corrected chi connectivity index (χ0v) is 10.6. The molecule has 1 aliphatic rings. The molecule has 0 N–H and O–H groups in total. The lowest BCUT2D eigenvalue weighted by Crippen LogP contribution is -2.15. The second-order valence-electron chi connectivity index (χ2n) is 3.97. The number of aryl methyl sites for hydroxylation is 2. The summed E-state index contributed by atoms with van der Waals surface area (Å²) in [4.78, 5) is 0. The maximum Gasteiger partial charge on any atom is 0.124 e. The molecule has 0 spiro atoms. The van der Waals surface area contributed by atoms with Crippen molar-refractivity contribution in [3.63, 3.8) is 0 Å². The van der Waals surface area contributed by atoms with E-state index in [-0.39, 0.29) is 6.10 Å². The van der Waals surface area contributed by atoms with E-state index < -0.39 is 0 Å². The summed E-state index contributed by atoms with van der Waals surface area (Å²) in [7, 11) is 0. The Kier molecular flexibility index (Phi) is 3.32. The van der Waals surface area contributed by atoms with E-state index in [1.807, 2.05) is 0 Å². The van der Waals surface area contributed by atoms with Crippen LogP contribution in [0.3, 0.4) is 0 Å². The summed E-state index contributed by atoms with van der Waals surface area (Å²) in [5, 5.41) is 0. The molecule has 2 rings (SSSR count). The molecule has 0 unspecified atom stereocenters. The lowest BCUT2D eigenvalue weighted by molar-refractivity contribution is 0.141. The zero-order valence-electron chi connectivity index (χ0n) is 9.05. The minimum Gasteiger partial charge on any atom is -0.488 e. The Morgan fingerprint density at radius 2 is 2.00 bits per heavy atom. The summed E-state index contributed by atoms with van der Waals surface area (Å²) in [6, 6.07) is 4.13. The molecular weight excluding hydrogens is 256 g/mol. The predicted octanol–water partition coefficient (Wildman–Crippen LogP) is 3.23. The second-order valence-corrected chi connectivity index (χ2v) is 4.77. The van der Waals surface area contributed by atoms with Crippen molar-refractivity contribution >= 4 is 15.9 Å². The number of hydrogen-bond acceptors (Lipinski definition) is 2. The van der Waals surface area contributed by atoms with Crippen LogP contribution < -0.4 is 4.74 Å². The molecule has 2 nitrogen and oxygen atoms in total. The van der Waals surface area contributed by atoms with Gasteiger partial charge in [0.15, 0.2) is 0 Å². The summed E-state index contributed by atoms with van der Waals surface area (Å²) >= 11 is 3.55. The first-order valence-corrected chi connectivity index (χ1v) is 5.97. The summed E-state index contributed by atoms with van der Waals surface area (Å²) in [6.45, 7) is 5.69. The lowest BCUT2D eigenvalue weighted by Gasteiger charge is -2.14. The monoisotopic (exact) mass is 270 g/mol. The van der Waals surface area contributed by atoms with Crippen LogP contribution in [0, 0.1) is 13.8 Å². The molecular formula is C12H15BrO2. The SMILES string of the molecule is Cc1cc(O[C@H]2CCOC2)cc(C)c1Br. The van der Waals surface area contributed by atoms with Gasteiger partial charge in [-0.2, -0.15) is 0 Å². The topological polar surface area (TPSA) is 18.5 Å². The van der Waals surface area contributed by atoms with Crippen LogP contribution in [0.15, 0.2) is 16.6 Å². The molecule has 1 aliphatic heterocycles. The van der Waals surface area contributed by atoms with Gasteiger partial charge in [-0.1, -0.05) is 15.9 Å². The molecule has 0 saturated carbocycles. The van der Waals surface area contributed by atoms with Gasteiger partial charge < -0.3 is 9.47 Å². The quantitative estimate of drug-likeness (QED) is 0.822. The number of halogens is 1. The van der Waals surface area contributed by atoms with Gasteiger partial charge in [0.05, 0.1) is 13.2 Å². The smallest absolute Gasteiger partial charge is 0.124 e. The van der Waals surface area contributed by atoms with Gasteiger partial charge in [0.25, 0.3) is 0 Å². The Labute approximate surface area is 98.7 Å². The highest BCUT2D eigenvalue weighted by Crippen LogP contribution is 2.27. The van der Waals surface area contributed by atoms with E-state index >= 15 is 0 Å². The first-order chi connectivity index (χ1) is 7.16. The van der Waals surface area contributed by atoms with Crippen LogP contribution in [0.2, 0.25) is 0 Å². The lowest BCUT2D eigenvalue weighted by atomic mass is 10.1. The van der Waals surface area contributed by atoms with E-state index in [9.17, 15) is 0 Å². The van der Waals surface area contributed by atoms with Crippen molar-refractivity contribution in [2.45, 2.75) is 26.4 Å². The highest BCUT2D eigenvalue weighted by molar-refractivity contribution is 9.10. The van der Waals surface area contributed by atoms with E-state index in [4.69, 9.17) is 9.47 Å². The molecule has 1 atom stereocenters. The van der Waals surface area contributed by atoms with Gasteiger partial charge in [-0.25, -0.2) is 0 Å². The summed E-state index contributed by atoms with van der Waals surface area (Å²) in [5.41, 5.74) is 2.42. The van der Waals surface area contributed by atoms with Gasteiger partial charge in [-0.05, 0) is 37.1 Å². The van der Waals surface area contributed by atoms with Gasteiger partial charge in [-0.15, -0.1) is 0 Å². The van der Waals surface area contributed by atoms with E-state index in [1.165, 1.54) is 11.1 Å². The van der Waals surface area contributed by atoms with Crippen LogP contribution in [0.4, 0.5) is 0 Å². The van der Waals surface area contributed by atoms with Gasteiger partial charge in [0, 0.05) is 10.9 Å². The van der Waals surface area contributed by atoms with Crippen LogP contribution in [-0.2, 0) is 4.74 Å². The number of hydrogen-bond donors (Lipinski definition) is 0. The molecule has 0 amide bonds. The number of rotatable bonds is 2. The van der Waals surface area contributed by atoms with Gasteiger partial charge in [-0.3, -0.25) is 0 Å². The van der Waals surface area contributed by atoms with E-state index in [2.05, 4.69) is 41.9 Å². The Hall–Kier alpha value is -0.540. The first-order valence-electron chi connectivity index (χ1n) is 5.18. The molecule has 15 heavy (non-hydrogen) atoms. The molecule has 0 radical (unpaired) electrons. The van der Waals surface area contributed by atoms with Crippen LogP contribution in [0.1, 0.15) is 17.5 Å². The standard InChI is InChI=1S/C12H15BrO2/c1-8-5-11(6-9(2)12(8)13)15-10-3-4-14-7-10/h5-6,10H,3-4,7H2,1-2H3/t10-/m0/s1. The van der Waals surface area contributed by atoms with Crippen molar-refractivity contribution < 1.29 is 9.47 Å². The number of ether oxygens (including phenoxy) is 2. The summed E-state index contributed by atoms with van der Waals surface area (Å²) in [5.74, 6) is 0.948. The third-order valence-corrected chi connectivity index (χ3v) is 3.85. The van der Waals surface area contributed by atoms with E-state index in [0.29, 0.717) is 6.61 Å². The first kappa shape index (κ1) is 11.0. The Morgan fingerprint density at radius 1 is 1.33 bits per heavy atom. The second kappa shape index (κ2) is 4.54. The zero-order chi connectivity index (χ0) is 10.8. The summed E-state index contributed by atoms with van der Waals surface area (Å²) in [6.07, 6.45) is 1.22. The maximum absolute atomic E-state index is 5.85. The Bertz CT molecular complexity index is 334. The Balaban J connectivity index is 2.14. The molecule has 1 aromatic carbocycles. The minimum atomic E-state index is 0.227. The fourth-order valence-corrected chi connectivity index (χ4v) is 2.00. The van der Waals surface area contributed by atoms with Crippen LogP contribution >= 0.6 is 15.9 Å². The molecule has 1 saturated heterocycles. The molecule has 0 aromatic heterocycles. The fraction of sp³-hybridized carbons (Fsp3) is 0.500. The third kappa shape index (κ3) is 2.52. The van der Waals surface area contributed by atoms with E-state index in [0.717, 1.165) is 23.2 Å². The minimum absolute atomic E-state index is 0.227. The van der Waals surface area contributed by atoms with Crippen molar-refractivity contribution in [1.82, 2.24) is 0 Å². The van der Waals surface area contributed by atoms with Crippen molar-refractivity contribution in [1.29, 1.82) is 0 Å². The van der Waals surface area contributed by atoms with Crippen LogP contribution in [-0.4, -0.2) is 19.3 Å². The number of benzene rings is 1. The molecule has 1 fully saturated rings. The van der Waals surface area contributed by atoms with Crippen LogP contribution in [0.25, 0.3) is 0 Å². The van der Waals surface area contributed by atoms with Crippen molar-refractivity contribution in [2.24, 2.45) is 0 Å². The van der Waals surface area contributed by atoms with Crippen molar-refractivity contribution in [2.75, 3.05) is 13.2 Å². The molecule has 1 heterocycles. The fourth-order valence-electron chi connectivity index (χ4n) is 1.77. The maximum atomic E-state index is 5.85. The highest BCUT2D eigenvalue weighted by Gasteiger charge is 2.17. The van der Waals surface area contributed by atoms with Crippen molar-refractivity contribution in [3.05, 3.63) is 27.7 Å². The van der Waals surface area contributed by atoms with Crippen LogP contribution in [0.5, 0.6) is 5.75 Å². The molecule has 0 bridgehead atoms. The molecule has 0 aliphatic carbocycles.